The molecule has 18 heavy (non-hydrogen) atoms. The van der Waals surface area contributed by atoms with Crippen molar-refractivity contribution >= 4 is 10.0 Å². The van der Waals surface area contributed by atoms with Crippen molar-refractivity contribution in [2.45, 2.75) is 59.0 Å². The summed E-state index contributed by atoms with van der Waals surface area (Å²) >= 11 is 0. The molecule has 1 aliphatic rings. The molecule has 1 rings (SSSR count). The first-order valence-corrected chi connectivity index (χ1v) is 8.51. The molecule has 108 valence electrons. The van der Waals surface area contributed by atoms with Crippen LogP contribution in [0.3, 0.4) is 0 Å². The molecule has 0 aromatic rings. The van der Waals surface area contributed by atoms with Gasteiger partial charge in [0.1, 0.15) is 0 Å². The van der Waals surface area contributed by atoms with Crippen molar-refractivity contribution in [3.63, 3.8) is 0 Å². The summed E-state index contributed by atoms with van der Waals surface area (Å²) in [6.45, 7) is 12.4. The van der Waals surface area contributed by atoms with Gasteiger partial charge in [-0.05, 0) is 32.1 Å². The number of hydrogen-bond donors (Lipinski definition) is 1. The Morgan fingerprint density at radius 2 is 1.50 bits per heavy atom. The molecule has 0 spiro atoms. The zero-order valence-electron chi connectivity index (χ0n) is 12.6. The molecule has 0 saturated carbocycles. The van der Waals surface area contributed by atoms with Crippen LogP contribution < -0.4 is 5.32 Å². The fourth-order valence-electron chi connectivity index (χ4n) is 2.06. The third-order valence-electron chi connectivity index (χ3n) is 4.36. The number of nitrogens with zero attached hydrogens (tertiary/aromatic N) is 1. The minimum atomic E-state index is -3.02. The van der Waals surface area contributed by atoms with Crippen molar-refractivity contribution in [1.29, 1.82) is 0 Å². The van der Waals surface area contributed by atoms with Crippen LogP contribution in [0.15, 0.2) is 0 Å². The van der Waals surface area contributed by atoms with Gasteiger partial charge in [-0.3, -0.25) is 0 Å². The second kappa shape index (κ2) is 5.10. The van der Waals surface area contributed by atoms with Gasteiger partial charge >= 0.3 is 0 Å². The minimum absolute atomic E-state index is 0.0466. The molecule has 0 aromatic carbocycles. The first kappa shape index (κ1) is 15.9. The van der Waals surface area contributed by atoms with E-state index in [1.54, 1.807) is 4.31 Å². The quantitative estimate of drug-likeness (QED) is 0.855. The van der Waals surface area contributed by atoms with Gasteiger partial charge in [-0.15, -0.1) is 0 Å². The van der Waals surface area contributed by atoms with E-state index in [1.807, 2.05) is 0 Å². The van der Waals surface area contributed by atoms with E-state index in [1.165, 1.54) is 6.26 Å². The highest BCUT2D eigenvalue weighted by Crippen LogP contribution is 2.31. The van der Waals surface area contributed by atoms with Gasteiger partial charge in [0.2, 0.25) is 10.0 Å². The van der Waals surface area contributed by atoms with Gasteiger partial charge in [0.05, 0.1) is 6.26 Å². The lowest BCUT2D eigenvalue weighted by Crippen LogP contribution is -2.56. The number of piperidine rings is 1. The van der Waals surface area contributed by atoms with Gasteiger partial charge in [0, 0.05) is 24.7 Å². The van der Waals surface area contributed by atoms with Crippen LogP contribution in [-0.2, 0) is 10.0 Å². The summed E-state index contributed by atoms with van der Waals surface area (Å²) in [5, 5.41) is 3.69. The van der Waals surface area contributed by atoms with E-state index in [0.29, 0.717) is 19.1 Å². The van der Waals surface area contributed by atoms with E-state index >= 15 is 0 Å². The molecule has 1 saturated heterocycles. The molecular weight excluding hydrogens is 248 g/mol. The van der Waals surface area contributed by atoms with Crippen LogP contribution in [0.4, 0.5) is 0 Å². The van der Waals surface area contributed by atoms with Crippen LogP contribution in [0.2, 0.25) is 0 Å². The van der Waals surface area contributed by atoms with Crippen molar-refractivity contribution in [2.24, 2.45) is 5.41 Å². The van der Waals surface area contributed by atoms with Gasteiger partial charge in [-0.25, -0.2) is 12.7 Å². The van der Waals surface area contributed by atoms with E-state index in [-0.39, 0.29) is 11.0 Å². The second-order valence-electron chi connectivity index (χ2n) is 6.96. The zero-order valence-corrected chi connectivity index (χ0v) is 13.4. The first-order chi connectivity index (χ1) is 7.93. The maximum absolute atomic E-state index is 11.4. The van der Waals surface area contributed by atoms with Gasteiger partial charge in [-0.1, -0.05) is 20.8 Å². The van der Waals surface area contributed by atoms with Crippen molar-refractivity contribution in [3.8, 4) is 0 Å². The van der Waals surface area contributed by atoms with Crippen LogP contribution in [-0.4, -0.2) is 43.6 Å². The molecule has 0 radical (unpaired) electrons. The van der Waals surface area contributed by atoms with E-state index in [0.717, 1.165) is 12.8 Å². The summed E-state index contributed by atoms with van der Waals surface area (Å²) in [4.78, 5) is 0. The fourth-order valence-corrected chi connectivity index (χ4v) is 2.93. The van der Waals surface area contributed by atoms with E-state index in [9.17, 15) is 8.42 Å². The summed E-state index contributed by atoms with van der Waals surface area (Å²) in [6, 6.07) is 0.414. The second-order valence-corrected chi connectivity index (χ2v) is 8.94. The molecule has 0 amide bonds. The summed E-state index contributed by atoms with van der Waals surface area (Å²) in [5.74, 6) is 0. The largest absolute Gasteiger partial charge is 0.308 e. The molecule has 1 fully saturated rings. The molecule has 0 unspecified atom stereocenters. The molecule has 0 aliphatic carbocycles. The normalized spacial score (nSPS) is 21.2. The molecular formula is C13H28N2O2S. The standard InChI is InChI=1S/C13H28N2O2S/c1-12(2,3)13(4,5)14-11-7-9-15(10-8-11)18(6,16)17/h11,14H,7-10H2,1-6H3. The average molecular weight is 276 g/mol. The SMILES string of the molecule is CC(C)(C)C(C)(C)NC1CCN(S(C)(=O)=O)CC1. The van der Waals surface area contributed by atoms with Crippen LogP contribution >= 0.6 is 0 Å². The van der Waals surface area contributed by atoms with Crippen LogP contribution in [0.5, 0.6) is 0 Å². The van der Waals surface area contributed by atoms with Crippen LogP contribution in [0, 0.1) is 5.41 Å². The Kier molecular flexibility index (Phi) is 4.51. The Balaban J connectivity index is 2.55. The molecule has 5 heteroatoms. The fraction of sp³-hybridized carbons (Fsp3) is 1.00. The van der Waals surface area contributed by atoms with Crippen molar-refractivity contribution in [2.75, 3.05) is 19.3 Å². The lowest BCUT2D eigenvalue weighted by molar-refractivity contribution is 0.138. The Labute approximate surface area is 112 Å². The van der Waals surface area contributed by atoms with Gasteiger partial charge in [0.15, 0.2) is 0 Å². The zero-order chi connectivity index (χ0) is 14.2. The Morgan fingerprint density at radius 3 is 1.83 bits per heavy atom. The van der Waals surface area contributed by atoms with E-state index < -0.39 is 10.0 Å². The Morgan fingerprint density at radius 1 is 1.06 bits per heavy atom. The number of hydrogen-bond acceptors (Lipinski definition) is 3. The molecule has 0 aromatic heterocycles. The van der Waals surface area contributed by atoms with Gasteiger partial charge in [0.25, 0.3) is 0 Å². The Hall–Kier alpha value is -0.130. The summed E-state index contributed by atoms with van der Waals surface area (Å²) in [6.07, 6.45) is 3.08. The molecule has 1 aliphatic heterocycles. The topological polar surface area (TPSA) is 49.4 Å². The lowest BCUT2D eigenvalue weighted by atomic mass is 9.75. The average Bonchev–Trinajstić information content (AvgIpc) is 2.14. The van der Waals surface area contributed by atoms with Gasteiger partial charge in [-0.2, -0.15) is 0 Å². The first-order valence-electron chi connectivity index (χ1n) is 6.66. The molecule has 0 atom stereocenters. The van der Waals surface area contributed by atoms with Crippen molar-refractivity contribution in [1.82, 2.24) is 9.62 Å². The molecule has 1 heterocycles. The smallest absolute Gasteiger partial charge is 0.211 e. The highest BCUT2D eigenvalue weighted by Gasteiger charge is 2.35. The molecule has 0 bridgehead atoms. The maximum Gasteiger partial charge on any atom is 0.211 e. The van der Waals surface area contributed by atoms with Crippen molar-refractivity contribution in [3.05, 3.63) is 0 Å². The number of rotatable bonds is 3. The summed E-state index contributed by atoms with van der Waals surface area (Å²) < 4.78 is 24.5. The predicted molar refractivity (Wildman–Crippen MR) is 76.1 cm³/mol. The molecule has 4 nitrogen and oxygen atoms in total. The third kappa shape index (κ3) is 3.93. The molecule has 1 N–H and O–H groups in total. The summed E-state index contributed by atoms with van der Waals surface area (Å²) in [7, 11) is -3.02. The lowest BCUT2D eigenvalue weighted by Gasteiger charge is -2.44. The van der Waals surface area contributed by atoms with E-state index in [4.69, 9.17) is 0 Å². The van der Waals surface area contributed by atoms with Crippen LogP contribution in [0.25, 0.3) is 0 Å². The summed E-state index contributed by atoms with van der Waals surface area (Å²) in [5.41, 5.74) is 0.228. The van der Waals surface area contributed by atoms with Gasteiger partial charge < -0.3 is 5.32 Å². The number of nitrogens with one attached hydrogen (secondary N) is 1. The predicted octanol–water partition coefficient (Wildman–Crippen LogP) is 1.82. The van der Waals surface area contributed by atoms with Crippen molar-refractivity contribution < 1.29 is 8.42 Å². The number of sulfonamides is 1. The monoisotopic (exact) mass is 276 g/mol. The maximum atomic E-state index is 11.4. The Bertz CT molecular complexity index is 374. The third-order valence-corrected chi connectivity index (χ3v) is 5.67. The van der Waals surface area contributed by atoms with Crippen LogP contribution in [0.1, 0.15) is 47.5 Å². The highest BCUT2D eigenvalue weighted by atomic mass is 32.2. The highest BCUT2D eigenvalue weighted by molar-refractivity contribution is 7.88. The minimum Gasteiger partial charge on any atom is -0.308 e. The van der Waals surface area contributed by atoms with E-state index in [2.05, 4.69) is 39.9 Å².